The minimum Gasteiger partial charge on any atom is -0.377 e. The van der Waals surface area contributed by atoms with Crippen molar-refractivity contribution in [3.63, 3.8) is 0 Å². The number of rotatable bonds is 3. The highest BCUT2D eigenvalue weighted by Gasteiger charge is 2.06. The van der Waals surface area contributed by atoms with Crippen molar-refractivity contribution in [1.82, 2.24) is 4.90 Å². The first-order chi connectivity index (χ1) is 4.83. The summed E-state index contributed by atoms with van der Waals surface area (Å²) in [6.45, 7) is 3.90. The molecule has 10 heavy (non-hydrogen) atoms. The molecule has 0 radical (unpaired) electrons. The molecule has 0 aromatic heterocycles. The average Bonchev–Trinajstić information content (AvgIpc) is 2.31. The maximum absolute atomic E-state index is 11.7. The van der Waals surface area contributed by atoms with Crippen molar-refractivity contribution in [3.05, 3.63) is 11.8 Å². The molecular formula is C8H14FN. The average molecular weight is 143 g/mol. The van der Waals surface area contributed by atoms with Crippen LogP contribution in [-0.2, 0) is 0 Å². The van der Waals surface area contributed by atoms with Crippen LogP contribution in [0, 0.1) is 0 Å². The molecule has 0 amide bonds. The molecule has 0 saturated heterocycles. The van der Waals surface area contributed by atoms with E-state index in [-0.39, 0.29) is 6.67 Å². The van der Waals surface area contributed by atoms with E-state index in [1.807, 2.05) is 0 Å². The van der Waals surface area contributed by atoms with Crippen LogP contribution in [0.2, 0.25) is 0 Å². The van der Waals surface area contributed by atoms with Crippen molar-refractivity contribution in [3.8, 4) is 0 Å². The predicted molar refractivity (Wildman–Crippen MR) is 40.5 cm³/mol. The molecular weight excluding hydrogens is 129 g/mol. The molecule has 2 heteroatoms. The standard InChI is InChI=1S/C8H14FN/c1-8-3-6-10(7-8)5-2-4-9/h7H,2-6H2,1H3. The van der Waals surface area contributed by atoms with E-state index in [0.717, 1.165) is 19.5 Å². The molecule has 0 spiro atoms. The van der Waals surface area contributed by atoms with E-state index in [1.165, 1.54) is 5.57 Å². The number of nitrogens with zero attached hydrogens (tertiary/aromatic N) is 1. The van der Waals surface area contributed by atoms with Crippen LogP contribution in [0.4, 0.5) is 4.39 Å². The minimum atomic E-state index is -0.191. The Kier molecular flexibility index (Phi) is 2.72. The number of alkyl halides is 1. The first-order valence-corrected chi connectivity index (χ1v) is 3.80. The second kappa shape index (κ2) is 3.59. The molecule has 0 aromatic carbocycles. The van der Waals surface area contributed by atoms with Crippen molar-refractivity contribution in [1.29, 1.82) is 0 Å². The van der Waals surface area contributed by atoms with Gasteiger partial charge in [-0.3, -0.25) is 4.39 Å². The van der Waals surface area contributed by atoms with E-state index < -0.39 is 0 Å². The second-order valence-electron chi connectivity index (χ2n) is 2.80. The number of hydrogen-bond acceptors (Lipinski definition) is 1. The monoisotopic (exact) mass is 143 g/mol. The summed E-state index contributed by atoms with van der Waals surface area (Å²) in [5.41, 5.74) is 1.42. The van der Waals surface area contributed by atoms with Crippen molar-refractivity contribution in [2.24, 2.45) is 0 Å². The van der Waals surface area contributed by atoms with Gasteiger partial charge in [-0.25, -0.2) is 0 Å². The lowest BCUT2D eigenvalue weighted by Crippen LogP contribution is -2.15. The molecule has 0 saturated carbocycles. The maximum Gasteiger partial charge on any atom is 0.0911 e. The highest BCUT2D eigenvalue weighted by molar-refractivity contribution is 5.04. The Balaban J connectivity index is 2.18. The van der Waals surface area contributed by atoms with Crippen molar-refractivity contribution < 1.29 is 4.39 Å². The van der Waals surface area contributed by atoms with E-state index in [4.69, 9.17) is 0 Å². The van der Waals surface area contributed by atoms with E-state index in [9.17, 15) is 4.39 Å². The quantitative estimate of drug-likeness (QED) is 0.583. The van der Waals surface area contributed by atoms with E-state index >= 15 is 0 Å². The fraction of sp³-hybridized carbons (Fsp3) is 0.750. The van der Waals surface area contributed by atoms with Crippen LogP contribution in [-0.4, -0.2) is 24.7 Å². The van der Waals surface area contributed by atoms with Gasteiger partial charge in [0.05, 0.1) is 6.67 Å². The summed E-state index contributed by atoms with van der Waals surface area (Å²) in [6.07, 6.45) is 3.96. The van der Waals surface area contributed by atoms with Crippen molar-refractivity contribution in [2.45, 2.75) is 19.8 Å². The molecule has 1 heterocycles. The van der Waals surface area contributed by atoms with Crippen LogP contribution >= 0.6 is 0 Å². The van der Waals surface area contributed by atoms with Crippen molar-refractivity contribution in [2.75, 3.05) is 19.8 Å². The van der Waals surface area contributed by atoms with Gasteiger partial charge in [-0.15, -0.1) is 0 Å². The summed E-state index contributed by atoms with van der Waals surface area (Å²) in [6, 6.07) is 0. The molecule has 1 aliphatic rings. The molecule has 0 bridgehead atoms. The molecule has 0 unspecified atom stereocenters. The van der Waals surface area contributed by atoms with E-state index in [2.05, 4.69) is 18.0 Å². The Labute approximate surface area is 61.5 Å². The largest absolute Gasteiger partial charge is 0.377 e. The van der Waals surface area contributed by atoms with E-state index in [0.29, 0.717) is 6.42 Å². The van der Waals surface area contributed by atoms with Gasteiger partial charge < -0.3 is 4.90 Å². The lowest BCUT2D eigenvalue weighted by molar-refractivity contribution is 0.361. The SMILES string of the molecule is CC1=CN(CCCF)CC1. The van der Waals surface area contributed by atoms with Crippen LogP contribution in [0.15, 0.2) is 11.8 Å². The Hall–Kier alpha value is -0.530. The zero-order chi connectivity index (χ0) is 7.40. The zero-order valence-corrected chi connectivity index (χ0v) is 6.44. The molecule has 1 aliphatic heterocycles. The van der Waals surface area contributed by atoms with Gasteiger partial charge in [0, 0.05) is 13.1 Å². The Morgan fingerprint density at radius 2 is 2.50 bits per heavy atom. The number of halogens is 1. The highest BCUT2D eigenvalue weighted by Crippen LogP contribution is 2.12. The Morgan fingerprint density at radius 1 is 1.70 bits per heavy atom. The fourth-order valence-electron chi connectivity index (χ4n) is 1.20. The summed E-state index contributed by atoms with van der Waals surface area (Å²) >= 11 is 0. The lowest BCUT2D eigenvalue weighted by Gasteiger charge is -2.12. The predicted octanol–water partition coefficient (Wildman–Crippen LogP) is 1.96. The second-order valence-corrected chi connectivity index (χ2v) is 2.80. The lowest BCUT2D eigenvalue weighted by atomic mass is 10.3. The Morgan fingerprint density at radius 3 is 3.00 bits per heavy atom. The third kappa shape index (κ3) is 2.01. The molecule has 0 atom stereocenters. The summed E-state index contributed by atoms with van der Waals surface area (Å²) in [4.78, 5) is 2.19. The van der Waals surface area contributed by atoms with Gasteiger partial charge in [0.25, 0.3) is 0 Å². The van der Waals surface area contributed by atoms with Gasteiger partial charge in [0.15, 0.2) is 0 Å². The van der Waals surface area contributed by atoms with Gasteiger partial charge in [0.1, 0.15) is 0 Å². The van der Waals surface area contributed by atoms with E-state index in [1.54, 1.807) is 0 Å². The summed E-state index contributed by atoms with van der Waals surface area (Å²) < 4.78 is 11.7. The molecule has 0 N–H and O–H groups in total. The summed E-state index contributed by atoms with van der Waals surface area (Å²) in [7, 11) is 0. The van der Waals surface area contributed by atoms with Crippen LogP contribution in [0.25, 0.3) is 0 Å². The normalized spacial score (nSPS) is 17.8. The van der Waals surface area contributed by atoms with Gasteiger partial charge in [-0.05, 0) is 26.0 Å². The third-order valence-electron chi connectivity index (χ3n) is 1.78. The van der Waals surface area contributed by atoms with Crippen LogP contribution in [0.3, 0.4) is 0 Å². The first kappa shape index (κ1) is 7.58. The topological polar surface area (TPSA) is 3.24 Å². The molecule has 0 aliphatic carbocycles. The smallest absolute Gasteiger partial charge is 0.0911 e. The molecule has 1 nitrogen and oxygen atoms in total. The maximum atomic E-state index is 11.7. The van der Waals surface area contributed by atoms with Crippen LogP contribution < -0.4 is 0 Å². The summed E-state index contributed by atoms with van der Waals surface area (Å²) in [5.74, 6) is 0. The number of hydrogen-bond donors (Lipinski definition) is 0. The van der Waals surface area contributed by atoms with Gasteiger partial charge in [-0.2, -0.15) is 0 Å². The molecule has 0 aromatic rings. The molecule has 1 rings (SSSR count). The first-order valence-electron chi connectivity index (χ1n) is 3.80. The van der Waals surface area contributed by atoms with Gasteiger partial charge in [-0.1, -0.05) is 5.57 Å². The van der Waals surface area contributed by atoms with Gasteiger partial charge in [0.2, 0.25) is 0 Å². The Bertz CT molecular complexity index is 131. The molecule has 58 valence electrons. The van der Waals surface area contributed by atoms with Crippen LogP contribution in [0.5, 0.6) is 0 Å². The van der Waals surface area contributed by atoms with Gasteiger partial charge >= 0.3 is 0 Å². The van der Waals surface area contributed by atoms with Crippen molar-refractivity contribution >= 4 is 0 Å². The fourth-order valence-corrected chi connectivity index (χ4v) is 1.20. The zero-order valence-electron chi connectivity index (χ0n) is 6.44. The highest BCUT2D eigenvalue weighted by atomic mass is 19.1. The van der Waals surface area contributed by atoms with Crippen LogP contribution in [0.1, 0.15) is 19.8 Å². The minimum absolute atomic E-state index is 0.191. The molecule has 0 fully saturated rings. The third-order valence-corrected chi connectivity index (χ3v) is 1.78. The summed E-state index contributed by atoms with van der Waals surface area (Å²) in [5, 5.41) is 0.